The molecule has 1 heterocycles. The fourth-order valence-electron chi connectivity index (χ4n) is 2.94. The summed E-state index contributed by atoms with van der Waals surface area (Å²) < 4.78 is 0. The van der Waals surface area contributed by atoms with Gasteiger partial charge in [0, 0.05) is 18.5 Å². The number of hydrogen-bond donors (Lipinski definition) is 0. The first-order valence-electron chi connectivity index (χ1n) is 7.54. The quantitative estimate of drug-likeness (QED) is 0.851. The number of hydrogen-bond acceptors (Lipinski definition) is 2. The van der Waals surface area contributed by atoms with Crippen LogP contribution in [-0.4, -0.2) is 29.7 Å². The third kappa shape index (κ3) is 2.67. The molecule has 3 nitrogen and oxygen atoms in total. The second kappa shape index (κ2) is 5.76. The standard InChI is InChI=1S/C19H19NO2/c1-13-5-3-4-6-17(13)15-7-8-18(14(2)11-15)19(22)20-10-9-16(21)12-20/h3-8,11H,9-10,12H2,1-2H3. The summed E-state index contributed by atoms with van der Waals surface area (Å²) in [6.45, 7) is 4.82. The van der Waals surface area contributed by atoms with Crippen molar-refractivity contribution in [3.63, 3.8) is 0 Å². The molecule has 0 unspecified atom stereocenters. The number of benzene rings is 2. The van der Waals surface area contributed by atoms with Crippen molar-refractivity contribution in [1.82, 2.24) is 4.90 Å². The Hall–Kier alpha value is -2.42. The average Bonchev–Trinajstić information content (AvgIpc) is 2.93. The molecule has 0 aliphatic carbocycles. The van der Waals surface area contributed by atoms with E-state index in [1.54, 1.807) is 4.90 Å². The van der Waals surface area contributed by atoms with Crippen LogP contribution >= 0.6 is 0 Å². The first-order valence-corrected chi connectivity index (χ1v) is 7.54. The van der Waals surface area contributed by atoms with Crippen LogP contribution in [0.2, 0.25) is 0 Å². The fraction of sp³-hybridized carbons (Fsp3) is 0.263. The number of aryl methyl sites for hydroxylation is 2. The molecule has 0 spiro atoms. The van der Waals surface area contributed by atoms with Crippen molar-refractivity contribution < 1.29 is 9.59 Å². The lowest BCUT2D eigenvalue weighted by Gasteiger charge is -2.16. The molecular formula is C19H19NO2. The van der Waals surface area contributed by atoms with E-state index in [1.807, 2.05) is 37.3 Å². The molecule has 22 heavy (non-hydrogen) atoms. The van der Waals surface area contributed by atoms with Gasteiger partial charge in [0.2, 0.25) is 0 Å². The number of rotatable bonds is 2. The van der Waals surface area contributed by atoms with Crippen LogP contribution in [0, 0.1) is 13.8 Å². The highest BCUT2D eigenvalue weighted by molar-refractivity contribution is 6.00. The van der Waals surface area contributed by atoms with Gasteiger partial charge in [-0.2, -0.15) is 0 Å². The Morgan fingerprint density at radius 1 is 1.05 bits per heavy atom. The van der Waals surface area contributed by atoms with Gasteiger partial charge in [-0.15, -0.1) is 0 Å². The maximum atomic E-state index is 12.5. The molecule has 0 aromatic heterocycles. The molecule has 0 saturated carbocycles. The molecule has 3 heteroatoms. The van der Waals surface area contributed by atoms with Gasteiger partial charge in [-0.1, -0.05) is 36.4 Å². The zero-order valence-electron chi connectivity index (χ0n) is 12.9. The molecule has 2 aromatic carbocycles. The van der Waals surface area contributed by atoms with Crippen LogP contribution in [0.1, 0.15) is 27.9 Å². The molecule has 1 saturated heterocycles. The summed E-state index contributed by atoms with van der Waals surface area (Å²) in [5.74, 6) is 0.0993. The van der Waals surface area contributed by atoms with Crippen molar-refractivity contribution in [2.75, 3.05) is 13.1 Å². The number of ketones is 1. The summed E-state index contributed by atoms with van der Waals surface area (Å²) in [5.41, 5.74) is 5.15. The number of amides is 1. The molecule has 1 fully saturated rings. The van der Waals surface area contributed by atoms with E-state index < -0.39 is 0 Å². The Labute approximate surface area is 130 Å². The Balaban J connectivity index is 1.91. The fourth-order valence-corrected chi connectivity index (χ4v) is 2.94. The van der Waals surface area contributed by atoms with Crippen LogP contribution in [0.3, 0.4) is 0 Å². The van der Waals surface area contributed by atoms with E-state index in [-0.39, 0.29) is 18.2 Å². The van der Waals surface area contributed by atoms with Gasteiger partial charge in [0.1, 0.15) is 0 Å². The smallest absolute Gasteiger partial charge is 0.254 e. The summed E-state index contributed by atoms with van der Waals surface area (Å²) >= 11 is 0. The maximum absolute atomic E-state index is 12.5. The summed E-state index contributed by atoms with van der Waals surface area (Å²) in [6.07, 6.45) is 0.478. The van der Waals surface area contributed by atoms with E-state index in [2.05, 4.69) is 19.1 Å². The highest BCUT2D eigenvalue weighted by atomic mass is 16.2. The van der Waals surface area contributed by atoms with Gasteiger partial charge in [-0.3, -0.25) is 9.59 Å². The first kappa shape index (κ1) is 14.5. The van der Waals surface area contributed by atoms with Crippen molar-refractivity contribution in [3.8, 4) is 11.1 Å². The SMILES string of the molecule is Cc1cc(-c2ccccc2C)ccc1C(=O)N1CCC(=O)C1. The number of carbonyl (C=O) groups excluding carboxylic acids is 2. The molecule has 0 bridgehead atoms. The summed E-state index contributed by atoms with van der Waals surface area (Å²) in [6, 6.07) is 14.1. The zero-order valence-corrected chi connectivity index (χ0v) is 12.9. The highest BCUT2D eigenvalue weighted by Gasteiger charge is 2.25. The minimum atomic E-state index is -0.0420. The zero-order chi connectivity index (χ0) is 15.7. The van der Waals surface area contributed by atoms with Crippen LogP contribution in [0.25, 0.3) is 11.1 Å². The number of Topliss-reactive ketones (excluding diaryl/α,β-unsaturated/α-hetero) is 1. The Kier molecular flexibility index (Phi) is 3.80. The molecule has 2 aromatic rings. The van der Waals surface area contributed by atoms with E-state index in [1.165, 1.54) is 11.1 Å². The van der Waals surface area contributed by atoms with Crippen molar-refractivity contribution in [2.45, 2.75) is 20.3 Å². The lowest BCUT2D eigenvalue weighted by molar-refractivity contribution is -0.116. The maximum Gasteiger partial charge on any atom is 0.254 e. The minimum absolute atomic E-state index is 0.0420. The van der Waals surface area contributed by atoms with E-state index in [9.17, 15) is 9.59 Å². The monoisotopic (exact) mass is 293 g/mol. The van der Waals surface area contributed by atoms with Crippen molar-refractivity contribution >= 4 is 11.7 Å². The van der Waals surface area contributed by atoms with Gasteiger partial charge in [0.05, 0.1) is 6.54 Å². The lowest BCUT2D eigenvalue weighted by atomic mass is 9.96. The summed E-state index contributed by atoms with van der Waals surface area (Å²) in [7, 11) is 0. The predicted octanol–water partition coefficient (Wildman–Crippen LogP) is 3.39. The van der Waals surface area contributed by atoms with E-state index in [4.69, 9.17) is 0 Å². The second-order valence-electron chi connectivity index (χ2n) is 5.86. The molecule has 1 amide bonds. The number of carbonyl (C=O) groups is 2. The van der Waals surface area contributed by atoms with Gasteiger partial charge in [-0.05, 0) is 42.2 Å². The van der Waals surface area contributed by atoms with Gasteiger partial charge >= 0.3 is 0 Å². The number of nitrogens with zero attached hydrogens (tertiary/aromatic N) is 1. The van der Waals surface area contributed by atoms with E-state index >= 15 is 0 Å². The third-order valence-electron chi connectivity index (χ3n) is 4.23. The molecular weight excluding hydrogens is 274 g/mol. The van der Waals surface area contributed by atoms with E-state index in [0.717, 1.165) is 11.1 Å². The van der Waals surface area contributed by atoms with Crippen molar-refractivity contribution in [1.29, 1.82) is 0 Å². The van der Waals surface area contributed by atoms with Crippen molar-refractivity contribution in [2.24, 2.45) is 0 Å². The first-order chi connectivity index (χ1) is 10.6. The average molecular weight is 293 g/mol. The topological polar surface area (TPSA) is 37.4 Å². The van der Waals surface area contributed by atoms with Crippen LogP contribution in [0.15, 0.2) is 42.5 Å². The minimum Gasteiger partial charge on any atom is -0.331 e. The van der Waals surface area contributed by atoms with Crippen LogP contribution in [0.5, 0.6) is 0 Å². The molecule has 1 aliphatic heterocycles. The van der Waals surface area contributed by atoms with Crippen LogP contribution in [-0.2, 0) is 4.79 Å². The van der Waals surface area contributed by atoms with E-state index in [0.29, 0.717) is 18.5 Å². The molecule has 0 atom stereocenters. The van der Waals surface area contributed by atoms with Crippen molar-refractivity contribution in [3.05, 3.63) is 59.2 Å². The molecule has 0 N–H and O–H groups in total. The van der Waals surface area contributed by atoms with Gasteiger partial charge < -0.3 is 4.90 Å². The summed E-state index contributed by atoms with van der Waals surface area (Å²) in [4.78, 5) is 25.5. The van der Waals surface area contributed by atoms with Gasteiger partial charge in [0.15, 0.2) is 5.78 Å². The molecule has 112 valence electrons. The third-order valence-corrected chi connectivity index (χ3v) is 4.23. The Morgan fingerprint density at radius 3 is 2.45 bits per heavy atom. The van der Waals surface area contributed by atoms with Crippen LogP contribution < -0.4 is 0 Å². The normalized spacial score (nSPS) is 14.5. The number of likely N-dealkylation sites (tertiary alicyclic amines) is 1. The van der Waals surface area contributed by atoms with Crippen LogP contribution in [0.4, 0.5) is 0 Å². The molecule has 1 aliphatic rings. The Bertz CT molecular complexity index is 749. The lowest BCUT2D eigenvalue weighted by Crippen LogP contribution is -2.29. The highest BCUT2D eigenvalue weighted by Crippen LogP contribution is 2.26. The second-order valence-corrected chi connectivity index (χ2v) is 5.86. The summed E-state index contributed by atoms with van der Waals surface area (Å²) in [5, 5.41) is 0. The van der Waals surface area contributed by atoms with Gasteiger partial charge in [0.25, 0.3) is 5.91 Å². The van der Waals surface area contributed by atoms with Gasteiger partial charge in [-0.25, -0.2) is 0 Å². The molecule has 3 rings (SSSR count). The largest absolute Gasteiger partial charge is 0.331 e. The molecule has 0 radical (unpaired) electrons. The Morgan fingerprint density at radius 2 is 1.82 bits per heavy atom. The predicted molar refractivity (Wildman–Crippen MR) is 86.9 cm³/mol.